The average Bonchev–Trinajstić information content (AvgIpc) is 2.46. The van der Waals surface area contributed by atoms with Gasteiger partial charge in [0.05, 0.1) is 17.7 Å². The van der Waals surface area contributed by atoms with Gasteiger partial charge in [0.15, 0.2) is 0 Å². The molecule has 0 aliphatic carbocycles. The summed E-state index contributed by atoms with van der Waals surface area (Å²) in [5.74, 6) is 0.366. The van der Waals surface area contributed by atoms with Crippen LogP contribution in [0.5, 0.6) is 0 Å². The number of ether oxygens (including phenoxy) is 1. The Kier molecular flexibility index (Phi) is 5.41. The second-order valence-corrected chi connectivity index (χ2v) is 6.16. The molecule has 0 unspecified atom stereocenters. The molecule has 0 bridgehead atoms. The molecule has 1 aromatic heterocycles. The molecule has 2 rings (SSSR count). The van der Waals surface area contributed by atoms with Gasteiger partial charge in [-0.1, -0.05) is 23.7 Å². The maximum Gasteiger partial charge on any atom is 0.337 e. The summed E-state index contributed by atoms with van der Waals surface area (Å²) in [7, 11) is 3.28. The van der Waals surface area contributed by atoms with Crippen molar-refractivity contribution >= 4 is 46.0 Å². The van der Waals surface area contributed by atoms with E-state index in [0.717, 1.165) is 9.13 Å². The highest BCUT2D eigenvalue weighted by atomic mass is 127. The molecule has 0 aliphatic rings. The van der Waals surface area contributed by atoms with Crippen molar-refractivity contribution in [3.05, 3.63) is 56.2 Å². The van der Waals surface area contributed by atoms with E-state index >= 15 is 0 Å². The van der Waals surface area contributed by atoms with Gasteiger partial charge in [-0.2, -0.15) is 0 Å². The van der Waals surface area contributed by atoms with Crippen molar-refractivity contribution in [2.45, 2.75) is 6.54 Å². The Morgan fingerprint density at radius 2 is 2.19 bits per heavy atom. The molecule has 1 aromatic carbocycles. The van der Waals surface area contributed by atoms with E-state index in [0.29, 0.717) is 22.9 Å². The number of aromatic nitrogens is 1. The highest BCUT2D eigenvalue weighted by Gasteiger charge is 2.11. The molecule has 0 fully saturated rings. The standard InChI is InChI=1S/C15H14ClIN2O2/c1-19(14-13(16)7-12(17)8-18-14)9-10-4-3-5-11(6-10)15(20)21-2/h3-8H,9H2,1-2H3. The smallest absolute Gasteiger partial charge is 0.337 e. The number of carbonyl (C=O) groups is 1. The maximum absolute atomic E-state index is 11.5. The van der Waals surface area contributed by atoms with Crippen LogP contribution in [0.2, 0.25) is 5.02 Å². The van der Waals surface area contributed by atoms with E-state index in [9.17, 15) is 4.79 Å². The van der Waals surface area contributed by atoms with Gasteiger partial charge in [-0.15, -0.1) is 0 Å². The van der Waals surface area contributed by atoms with Crippen molar-refractivity contribution in [1.82, 2.24) is 4.98 Å². The Labute approximate surface area is 142 Å². The van der Waals surface area contributed by atoms with Crippen LogP contribution in [0.15, 0.2) is 36.5 Å². The number of anilines is 1. The second-order valence-electron chi connectivity index (χ2n) is 4.51. The van der Waals surface area contributed by atoms with Gasteiger partial charge in [0, 0.05) is 23.4 Å². The fourth-order valence-electron chi connectivity index (χ4n) is 1.95. The minimum atomic E-state index is -0.343. The summed E-state index contributed by atoms with van der Waals surface area (Å²) < 4.78 is 5.71. The zero-order valence-corrected chi connectivity index (χ0v) is 14.6. The molecule has 110 valence electrons. The normalized spacial score (nSPS) is 10.3. The number of rotatable bonds is 4. The lowest BCUT2D eigenvalue weighted by Crippen LogP contribution is -2.18. The molecule has 0 saturated heterocycles. The molecule has 21 heavy (non-hydrogen) atoms. The van der Waals surface area contributed by atoms with Gasteiger partial charge >= 0.3 is 5.97 Å². The molecule has 0 saturated carbocycles. The van der Waals surface area contributed by atoms with Crippen LogP contribution < -0.4 is 4.90 Å². The largest absolute Gasteiger partial charge is 0.465 e. The summed E-state index contributed by atoms with van der Waals surface area (Å²) in [4.78, 5) is 17.8. The molecule has 0 atom stereocenters. The lowest BCUT2D eigenvalue weighted by molar-refractivity contribution is 0.0600. The van der Waals surface area contributed by atoms with Crippen LogP contribution in [0, 0.1) is 3.57 Å². The molecule has 0 amide bonds. The van der Waals surface area contributed by atoms with Gasteiger partial charge in [0.2, 0.25) is 0 Å². The van der Waals surface area contributed by atoms with E-state index in [1.165, 1.54) is 7.11 Å². The van der Waals surface area contributed by atoms with Gasteiger partial charge in [-0.3, -0.25) is 0 Å². The predicted molar refractivity (Wildman–Crippen MR) is 91.9 cm³/mol. The van der Waals surface area contributed by atoms with Crippen molar-refractivity contribution in [3.8, 4) is 0 Å². The van der Waals surface area contributed by atoms with Gasteiger partial charge < -0.3 is 9.64 Å². The quantitative estimate of drug-likeness (QED) is 0.562. The highest BCUT2D eigenvalue weighted by molar-refractivity contribution is 14.1. The first-order valence-corrected chi connectivity index (χ1v) is 7.66. The number of benzene rings is 1. The lowest BCUT2D eigenvalue weighted by Gasteiger charge is -2.19. The summed E-state index contributed by atoms with van der Waals surface area (Å²) in [5, 5.41) is 0.605. The van der Waals surface area contributed by atoms with Crippen LogP contribution >= 0.6 is 34.2 Å². The molecule has 6 heteroatoms. The van der Waals surface area contributed by atoms with E-state index < -0.39 is 0 Å². The molecule has 0 N–H and O–H groups in total. The van der Waals surface area contributed by atoms with Crippen LogP contribution in [-0.4, -0.2) is 25.1 Å². The number of carbonyl (C=O) groups excluding carboxylic acids is 1. The monoisotopic (exact) mass is 416 g/mol. The topological polar surface area (TPSA) is 42.4 Å². The van der Waals surface area contributed by atoms with Crippen molar-refractivity contribution in [1.29, 1.82) is 0 Å². The molecule has 2 aromatic rings. The van der Waals surface area contributed by atoms with E-state index in [4.69, 9.17) is 16.3 Å². The number of hydrogen-bond acceptors (Lipinski definition) is 4. The van der Waals surface area contributed by atoms with Crippen molar-refractivity contribution in [3.63, 3.8) is 0 Å². The number of pyridine rings is 1. The average molecular weight is 417 g/mol. The SMILES string of the molecule is COC(=O)c1cccc(CN(C)c2ncc(I)cc2Cl)c1. The van der Waals surface area contributed by atoms with Gasteiger partial charge in [0.1, 0.15) is 5.82 Å². The summed E-state index contributed by atoms with van der Waals surface area (Å²) in [6.07, 6.45) is 1.77. The Morgan fingerprint density at radius 1 is 1.43 bits per heavy atom. The minimum Gasteiger partial charge on any atom is -0.465 e. The van der Waals surface area contributed by atoms with E-state index in [-0.39, 0.29) is 5.97 Å². The molecular formula is C15H14ClIN2O2. The first kappa shape index (κ1) is 16.0. The third-order valence-corrected chi connectivity index (χ3v) is 3.79. The fraction of sp³-hybridized carbons (Fsp3) is 0.200. The maximum atomic E-state index is 11.5. The molecule has 0 radical (unpaired) electrons. The number of nitrogens with zero attached hydrogens (tertiary/aromatic N) is 2. The summed E-state index contributed by atoms with van der Waals surface area (Å²) in [6.45, 7) is 0.595. The fourth-order valence-corrected chi connectivity index (χ4v) is 2.90. The third kappa shape index (κ3) is 4.07. The van der Waals surface area contributed by atoms with Gasteiger partial charge in [-0.05, 0) is 46.4 Å². The van der Waals surface area contributed by atoms with E-state index in [2.05, 4.69) is 27.6 Å². The van der Waals surface area contributed by atoms with Crippen LogP contribution in [0.4, 0.5) is 5.82 Å². The number of esters is 1. The van der Waals surface area contributed by atoms with Crippen molar-refractivity contribution in [2.24, 2.45) is 0 Å². The van der Waals surface area contributed by atoms with E-state index in [1.807, 2.05) is 36.2 Å². The highest BCUT2D eigenvalue weighted by Crippen LogP contribution is 2.25. The van der Waals surface area contributed by atoms with Crippen LogP contribution in [0.25, 0.3) is 0 Å². The number of halogens is 2. The van der Waals surface area contributed by atoms with Crippen LogP contribution in [0.1, 0.15) is 15.9 Å². The lowest BCUT2D eigenvalue weighted by atomic mass is 10.1. The molecular weight excluding hydrogens is 403 g/mol. The van der Waals surface area contributed by atoms with Gasteiger partial charge in [0.25, 0.3) is 0 Å². The van der Waals surface area contributed by atoms with Crippen LogP contribution in [-0.2, 0) is 11.3 Å². The molecule has 1 heterocycles. The van der Waals surface area contributed by atoms with Crippen LogP contribution in [0.3, 0.4) is 0 Å². The Balaban J connectivity index is 2.19. The Morgan fingerprint density at radius 3 is 2.86 bits per heavy atom. The van der Waals surface area contributed by atoms with Crippen molar-refractivity contribution < 1.29 is 9.53 Å². The zero-order valence-electron chi connectivity index (χ0n) is 11.6. The predicted octanol–water partition coefficient (Wildman–Crippen LogP) is 3.76. The summed E-state index contributed by atoms with van der Waals surface area (Å²) in [5.41, 5.74) is 1.52. The third-order valence-electron chi connectivity index (χ3n) is 2.92. The zero-order chi connectivity index (χ0) is 15.4. The molecule has 0 spiro atoms. The second kappa shape index (κ2) is 7.09. The molecule has 4 nitrogen and oxygen atoms in total. The van der Waals surface area contributed by atoms with Gasteiger partial charge in [-0.25, -0.2) is 9.78 Å². The molecule has 0 aliphatic heterocycles. The Bertz CT molecular complexity index is 664. The number of hydrogen-bond donors (Lipinski definition) is 0. The first-order valence-electron chi connectivity index (χ1n) is 6.20. The summed E-state index contributed by atoms with van der Waals surface area (Å²) >= 11 is 8.38. The number of methoxy groups -OCH3 is 1. The Hall–Kier alpha value is -1.34. The first-order chi connectivity index (χ1) is 10.0. The van der Waals surface area contributed by atoms with Crippen molar-refractivity contribution in [2.75, 3.05) is 19.1 Å². The van der Waals surface area contributed by atoms with E-state index in [1.54, 1.807) is 12.3 Å². The minimum absolute atomic E-state index is 0.343. The summed E-state index contributed by atoms with van der Waals surface area (Å²) in [6, 6.07) is 9.18.